The van der Waals surface area contributed by atoms with Crippen LogP contribution in [0.1, 0.15) is 18.4 Å². The number of aliphatic hydroxyl groups excluding tert-OH is 1. The summed E-state index contributed by atoms with van der Waals surface area (Å²) in [7, 11) is 1.94. The Morgan fingerprint density at radius 2 is 2.24 bits per heavy atom. The molecule has 0 radical (unpaired) electrons. The van der Waals surface area contributed by atoms with Gasteiger partial charge in [-0.2, -0.15) is 0 Å². The monoisotopic (exact) mass is 257 g/mol. The lowest BCUT2D eigenvalue weighted by Gasteiger charge is -2.20. The molecule has 1 aromatic rings. The van der Waals surface area contributed by atoms with E-state index >= 15 is 0 Å². The van der Waals surface area contributed by atoms with Gasteiger partial charge in [0.05, 0.1) is 6.10 Å². The maximum Gasteiger partial charge on any atom is 0.124 e. The van der Waals surface area contributed by atoms with Gasteiger partial charge in [0.2, 0.25) is 0 Å². The van der Waals surface area contributed by atoms with Crippen LogP contribution in [0.3, 0.4) is 0 Å². The SMILES string of the molecule is CN(Cc1ccc(F)cc1Cl)CC(O)C1CC1. The molecule has 1 aliphatic rings. The fourth-order valence-corrected chi connectivity index (χ4v) is 2.18. The third-order valence-corrected chi connectivity index (χ3v) is 3.47. The molecule has 2 rings (SSSR count). The average Bonchev–Trinajstić information content (AvgIpc) is 3.05. The van der Waals surface area contributed by atoms with Crippen LogP contribution in [0, 0.1) is 11.7 Å². The zero-order valence-corrected chi connectivity index (χ0v) is 10.6. The Hall–Kier alpha value is -0.640. The van der Waals surface area contributed by atoms with Crippen LogP contribution in [0.4, 0.5) is 4.39 Å². The molecule has 1 N–H and O–H groups in total. The molecule has 17 heavy (non-hydrogen) atoms. The van der Waals surface area contributed by atoms with E-state index in [9.17, 15) is 9.50 Å². The van der Waals surface area contributed by atoms with Crippen molar-refractivity contribution in [2.45, 2.75) is 25.5 Å². The van der Waals surface area contributed by atoms with Gasteiger partial charge in [0.1, 0.15) is 5.82 Å². The maximum atomic E-state index is 12.9. The van der Waals surface area contributed by atoms with E-state index in [4.69, 9.17) is 11.6 Å². The van der Waals surface area contributed by atoms with Crippen molar-refractivity contribution in [3.05, 3.63) is 34.6 Å². The van der Waals surface area contributed by atoms with E-state index in [-0.39, 0.29) is 11.9 Å². The molecule has 4 heteroatoms. The minimum atomic E-state index is -0.320. The van der Waals surface area contributed by atoms with Crippen LogP contribution < -0.4 is 0 Å². The van der Waals surface area contributed by atoms with Gasteiger partial charge in [-0.1, -0.05) is 17.7 Å². The number of benzene rings is 1. The van der Waals surface area contributed by atoms with Gasteiger partial charge in [-0.05, 0) is 43.5 Å². The van der Waals surface area contributed by atoms with Crippen LogP contribution >= 0.6 is 11.6 Å². The first-order valence-corrected chi connectivity index (χ1v) is 6.24. The molecular formula is C13H17ClFNO. The predicted octanol–water partition coefficient (Wildman–Crippen LogP) is 2.68. The summed E-state index contributed by atoms with van der Waals surface area (Å²) in [5.74, 6) is 0.153. The second kappa shape index (κ2) is 5.34. The normalized spacial score (nSPS) is 17.5. The van der Waals surface area contributed by atoms with E-state index in [1.54, 1.807) is 6.07 Å². The van der Waals surface area contributed by atoms with E-state index in [2.05, 4.69) is 0 Å². The van der Waals surface area contributed by atoms with E-state index in [1.807, 2.05) is 11.9 Å². The minimum Gasteiger partial charge on any atom is -0.392 e. The molecule has 0 aliphatic heterocycles. The molecule has 1 aromatic carbocycles. The number of hydrogen-bond acceptors (Lipinski definition) is 2. The van der Waals surface area contributed by atoms with Gasteiger partial charge in [0.25, 0.3) is 0 Å². The fourth-order valence-electron chi connectivity index (χ4n) is 1.95. The summed E-state index contributed by atoms with van der Waals surface area (Å²) in [6.07, 6.45) is 2.01. The van der Waals surface area contributed by atoms with Crippen molar-refractivity contribution in [1.82, 2.24) is 4.90 Å². The molecule has 0 bridgehead atoms. The van der Waals surface area contributed by atoms with Crippen molar-refractivity contribution in [3.63, 3.8) is 0 Å². The molecule has 2 nitrogen and oxygen atoms in total. The number of likely N-dealkylation sites (N-methyl/N-ethyl adjacent to an activating group) is 1. The lowest BCUT2D eigenvalue weighted by atomic mass is 10.2. The quantitative estimate of drug-likeness (QED) is 0.877. The lowest BCUT2D eigenvalue weighted by molar-refractivity contribution is 0.104. The third kappa shape index (κ3) is 3.66. The van der Waals surface area contributed by atoms with Crippen molar-refractivity contribution in [2.24, 2.45) is 5.92 Å². The summed E-state index contributed by atoms with van der Waals surface area (Å²) >= 11 is 5.96. The first kappa shape index (κ1) is 12.8. The number of rotatable bonds is 5. The Morgan fingerprint density at radius 1 is 1.53 bits per heavy atom. The molecule has 1 aliphatic carbocycles. The highest BCUT2D eigenvalue weighted by Crippen LogP contribution is 2.33. The molecule has 1 unspecified atom stereocenters. The summed E-state index contributed by atoms with van der Waals surface area (Å²) in [6.45, 7) is 1.27. The van der Waals surface area contributed by atoms with Gasteiger partial charge >= 0.3 is 0 Å². The Labute approximate surface area is 106 Å². The van der Waals surface area contributed by atoms with Crippen molar-refractivity contribution in [2.75, 3.05) is 13.6 Å². The highest BCUT2D eigenvalue weighted by molar-refractivity contribution is 6.31. The van der Waals surface area contributed by atoms with Crippen LogP contribution in [0.25, 0.3) is 0 Å². The molecule has 0 amide bonds. The van der Waals surface area contributed by atoms with E-state index in [0.717, 1.165) is 18.4 Å². The molecule has 0 spiro atoms. The fraction of sp³-hybridized carbons (Fsp3) is 0.538. The largest absolute Gasteiger partial charge is 0.392 e. The topological polar surface area (TPSA) is 23.5 Å². The zero-order chi connectivity index (χ0) is 12.4. The smallest absolute Gasteiger partial charge is 0.124 e. The van der Waals surface area contributed by atoms with E-state index in [1.165, 1.54) is 12.1 Å². The Kier molecular flexibility index (Phi) is 4.02. The first-order valence-electron chi connectivity index (χ1n) is 5.87. The van der Waals surface area contributed by atoms with Crippen LogP contribution in [0.15, 0.2) is 18.2 Å². The van der Waals surface area contributed by atoms with Crippen molar-refractivity contribution < 1.29 is 9.50 Å². The van der Waals surface area contributed by atoms with Crippen molar-refractivity contribution in [1.29, 1.82) is 0 Å². The highest BCUT2D eigenvalue weighted by Gasteiger charge is 2.30. The molecular weight excluding hydrogens is 241 g/mol. The highest BCUT2D eigenvalue weighted by atomic mass is 35.5. The Bertz CT molecular complexity index is 395. The van der Waals surface area contributed by atoms with Gasteiger partial charge in [-0.25, -0.2) is 4.39 Å². The maximum absolute atomic E-state index is 12.9. The van der Waals surface area contributed by atoms with E-state index < -0.39 is 0 Å². The first-order chi connectivity index (χ1) is 8.06. The number of nitrogens with zero attached hydrogens (tertiary/aromatic N) is 1. The zero-order valence-electron chi connectivity index (χ0n) is 9.87. The number of hydrogen-bond donors (Lipinski definition) is 1. The lowest BCUT2D eigenvalue weighted by Crippen LogP contribution is -2.30. The number of aliphatic hydroxyl groups is 1. The standard InChI is InChI=1S/C13H17ClFNO/c1-16(8-13(17)9-2-3-9)7-10-4-5-11(15)6-12(10)14/h4-6,9,13,17H,2-3,7-8H2,1H3. The van der Waals surface area contributed by atoms with Crippen molar-refractivity contribution in [3.8, 4) is 0 Å². The number of halogens is 2. The molecule has 1 saturated carbocycles. The van der Waals surface area contributed by atoms with Gasteiger partial charge in [-0.3, -0.25) is 4.90 Å². The van der Waals surface area contributed by atoms with Crippen LogP contribution in [-0.2, 0) is 6.54 Å². The molecule has 0 saturated heterocycles. The minimum absolute atomic E-state index is 0.251. The summed E-state index contributed by atoms with van der Waals surface area (Å²) in [5.41, 5.74) is 0.888. The Balaban J connectivity index is 1.90. The van der Waals surface area contributed by atoms with Gasteiger partial charge in [-0.15, -0.1) is 0 Å². The summed E-state index contributed by atoms with van der Waals surface area (Å²) in [4.78, 5) is 2.02. The molecule has 0 aromatic heterocycles. The summed E-state index contributed by atoms with van der Waals surface area (Å²) < 4.78 is 12.9. The Morgan fingerprint density at radius 3 is 2.82 bits per heavy atom. The molecule has 1 atom stereocenters. The van der Waals surface area contributed by atoms with Crippen LogP contribution in [-0.4, -0.2) is 29.7 Å². The second-order valence-corrected chi connectivity index (χ2v) is 5.24. The second-order valence-electron chi connectivity index (χ2n) is 4.84. The van der Waals surface area contributed by atoms with Crippen LogP contribution in [0.2, 0.25) is 5.02 Å². The van der Waals surface area contributed by atoms with Gasteiger partial charge in [0, 0.05) is 18.1 Å². The van der Waals surface area contributed by atoms with Crippen molar-refractivity contribution >= 4 is 11.6 Å². The van der Waals surface area contributed by atoms with E-state index in [0.29, 0.717) is 24.0 Å². The molecule has 0 heterocycles. The molecule has 1 fully saturated rings. The van der Waals surface area contributed by atoms with Gasteiger partial charge < -0.3 is 5.11 Å². The summed E-state index contributed by atoms with van der Waals surface area (Å²) in [5, 5.41) is 10.3. The van der Waals surface area contributed by atoms with Crippen LogP contribution in [0.5, 0.6) is 0 Å². The van der Waals surface area contributed by atoms with Gasteiger partial charge in [0.15, 0.2) is 0 Å². The predicted molar refractivity (Wildman–Crippen MR) is 66.5 cm³/mol. The average molecular weight is 258 g/mol. The summed E-state index contributed by atoms with van der Waals surface area (Å²) in [6, 6.07) is 4.42. The molecule has 94 valence electrons. The third-order valence-electron chi connectivity index (χ3n) is 3.12.